The summed E-state index contributed by atoms with van der Waals surface area (Å²) in [5.41, 5.74) is 13.5. The van der Waals surface area contributed by atoms with Crippen LogP contribution in [0.15, 0.2) is 43.6 Å². The molecule has 2 rings (SSSR count). The number of hydrazone groups is 1. The van der Waals surface area contributed by atoms with Crippen LogP contribution in [0.5, 0.6) is 5.75 Å². The Morgan fingerprint density at radius 1 is 1.39 bits per heavy atom. The molecule has 1 aromatic carbocycles. The van der Waals surface area contributed by atoms with Gasteiger partial charge in [0.1, 0.15) is 5.75 Å². The molecule has 0 aliphatic carbocycles. The lowest BCUT2D eigenvalue weighted by Gasteiger charge is -2.07. The minimum atomic E-state index is -0.254. The number of aromatic nitrogens is 2. The zero-order valence-electron chi connectivity index (χ0n) is 15.6. The molecule has 12 heteroatoms. The van der Waals surface area contributed by atoms with Crippen LogP contribution >= 0.6 is 15.9 Å². The van der Waals surface area contributed by atoms with E-state index in [1.165, 1.54) is 17.2 Å². The van der Waals surface area contributed by atoms with Crippen LogP contribution in [0.25, 0.3) is 0 Å². The van der Waals surface area contributed by atoms with Crippen molar-refractivity contribution in [2.45, 2.75) is 6.92 Å². The molecule has 0 amide bonds. The summed E-state index contributed by atoms with van der Waals surface area (Å²) >= 11 is 3.30. The number of nitrogens with one attached hydrogen (secondary N) is 3. The SMILES string of the molecule is CN(C)C(=N)N=C(N)N.Cc1cc(=O)[nH]c(N/N=C/c2cc(Br)ccc2O)n1. The maximum atomic E-state index is 11.2. The highest BCUT2D eigenvalue weighted by Gasteiger charge is 1.99. The molecule has 11 nitrogen and oxygen atoms in total. The molecule has 0 saturated heterocycles. The van der Waals surface area contributed by atoms with Crippen LogP contribution in [0.4, 0.5) is 5.95 Å². The summed E-state index contributed by atoms with van der Waals surface area (Å²) in [5.74, 6) is 0.318. The monoisotopic (exact) mass is 451 g/mol. The lowest BCUT2D eigenvalue weighted by Crippen LogP contribution is -2.28. The molecular formula is C16H22BrN9O2. The predicted octanol–water partition coefficient (Wildman–Crippen LogP) is 0.749. The van der Waals surface area contributed by atoms with E-state index in [0.717, 1.165) is 4.47 Å². The Morgan fingerprint density at radius 3 is 2.61 bits per heavy atom. The molecule has 0 radical (unpaired) electrons. The number of aliphatic imine (C=N–C) groups is 1. The van der Waals surface area contributed by atoms with Gasteiger partial charge in [0.25, 0.3) is 5.56 Å². The molecule has 2 aromatic rings. The highest BCUT2D eigenvalue weighted by molar-refractivity contribution is 9.10. The van der Waals surface area contributed by atoms with Gasteiger partial charge >= 0.3 is 0 Å². The molecule has 28 heavy (non-hydrogen) atoms. The highest BCUT2D eigenvalue weighted by Crippen LogP contribution is 2.19. The van der Waals surface area contributed by atoms with E-state index in [0.29, 0.717) is 11.3 Å². The molecule has 0 fully saturated rings. The van der Waals surface area contributed by atoms with Gasteiger partial charge in [0.15, 0.2) is 5.96 Å². The van der Waals surface area contributed by atoms with Crippen molar-refractivity contribution in [2.24, 2.45) is 21.6 Å². The van der Waals surface area contributed by atoms with Crippen molar-refractivity contribution >= 4 is 40.0 Å². The first-order valence-electron chi connectivity index (χ1n) is 7.79. The molecule has 150 valence electrons. The van der Waals surface area contributed by atoms with Gasteiger partial charge < -0.3 is 21.5 Å². The van der Waals surface area contributed by atoms with E-state index < -0.39 is 0 Å². The number of guanidine groups is 2. The average Bonchev–Trinajstić information content (AvgIpc) is 2.57. The zero-order chi connectivity index (χ0) is 21.3. The third-order valence-corrected chi connectivity index (χ3v) is 3.39. The highest BCUT2D eigenvalue weighted by atomic mass is 79.9. The molecule has 8 N–H and O–H groups in total. The Hall–Kier alpha value is -3.41. The summed E-state index contributed by atoms with van der Waals surface area (Å²) in [4.78, 5) is 22.7. The topological polar surface area (TPSA) is 182 Å². The predicted molar refractivity (Wildman–Crippen MR) is 114 cm³/mol. The van der Waals surface area contributed by atoms with Crippen LogP contribution in [-0.4, -0.2) is 52.2 Å². The summed E-state index contributed by atoms with van der Waals surface area (Å²) in [5, 5.41) is 20.6. The van der Waals surface area contributed by atoms with E-state index in [9.17, 15) is 9.90 Å². The number of benzene rings is 1. The normalized spacial score (nSPS) is 10.0. The van der Waals surface area contributed by atoms with Gasteiger partial charge in [-0.2, -0.15) is 10.1 Å². The van der Waals surface area contributed by atoms with E-state index in [-0.39, 0.29) is 29.2 Å². The van der Waals surface area contributed by atoms with Crippen LogP contribution in [-0.2, 0) is 0 Å². The number of H-pyrrole nitrogens is 1. The molecule has 1 heterocycles. The second-order valence-corrected chi connectivity index (χ2v) is 6.48. The number of phenols is 1. The number of halogens is 1. The van der Waals surface area contributed by atoms with Gasteiger partial charge in [-0.3, -0.25) is 15.2 Å². The summed E-state index contributed by atoms with van der Waals surface area (Å²) in [6.07, 6.45) is 1.43. The van der Waals surface area contributed by atoms with E-state index in [2.05, 4.69) is 41.4 Å². The van der Waals surface area contributed by atoms with E-state index >= 15 is 0 Å². The van der Waals surface area contributed by atoms with Gasteiger partial charge in [0, 0.05) is 35.9 Å². The Bertz CT molecular complexity index is 934. The third-order valence-electron chi connectivity index (χ3n) is 2.89. The van der Waals surface area contributed by atoms with Gasteiger partial charge in [0.05, 0.1) is 6.21 Å². The van der Waals surface area contributed by atoms with Gasteiger partial charge in [-0.15, -0.1) is 0 Å². The van der Waals surface area contributed by atoms with Gasteiger partial charge in [-0.25, -0.2) is 10.4 Å². The molecule has 1 aromatic heterocycles. The maximum Gasteiger partial charge on any atom is 0.252 e. The van der Waals surface area contributed by atoms with Crippen LogP contribution in [0.1, 0.15) is 11.3 Å². The molecule has 0 spiro atoms. The molecule has 0 unspecified atom stereocenters. The summed E-state index contributed by atoms with van der Waals surface area (Å²) in [7, 11) is 3.38. The number of phenolic OH excluding ortho intramolecular Hbond substituents is 1. The Kier molecular flexibility index (Phi) is 8.62. The fourth-order valence-electron chi connectivity index (χ4n) is 1.65. The van der Waals surface area contributed by atoms with Gasteiger partial charge in [-0.1, -0.05) is 15.9 Å². The van der Waals surface area contributed by atoms with Crippen molar-refractivity contribution in [3.8, 4) is 5.75 Å². The molecule has 0 aliphatic heterocycles. The standard InChI is InChI=1S/C12H11BrN4O2.C4H11N5/c1-7-4-11(19)16-12(15-7)17-14-6-8-5-9(13)2-3-10(8)18;1-9(2)4(7)8-3(5)6/h2-6,18H,1H3,(H2,15,16,17,19);1-2H3,(H5,5,6,7,8)/b14-6+;. The molecule has 0 aliphatic rings. The Labute approximate surface area is 169 Å². The Morgan fingerprint density at radius 2 is 2.07 bits per heavy atom. The van der Waals surface area contributed by atoms with Crippen LogP contribution in [0, 0.1) is 12.3 Å². The van der Waals surface area contributed by atoms with Crippen molar-refractivity contribution in [2.75, 3.05) is 19.5 Å². The molecular weight excluding hydrogens is 430 g/mol. The smallest absolute Gasteiger partial charge is 0.252 e. The largest absolute Gasteiger partial charge is 0.507 e. The van der Waals surface area contributed by atoms with Crippen molar-refractivity contribution in [1.29, 1.82) is 5.41 Å². The number of nitrogens with zero attached hydrogens (tertiary/aromatic N) is 4. The van der Waals surface area contributed by atoms with E-state index in [1.54, 1.807) is 39.2 Å². The summed E-state index contributed by atoms with van der Waals surface area (Å²) in [6, 6.07) is 6.37. The first-order chi connectivity index (χ1) is 13.1. The number of aromatic hydroxyl groups is 1. The molecule has 0 bridgehead atoms. The second kappa shape index (κ2) is 10.7. The number of aromatic amines is 1. The fourth-order valence-corrected chi connectivity index (χ4v) is 2.02. The van der Waals surface area contributed by atoms with E-state index in [4.69, 9.17) is 16.9 Å². The first-order valence-corrected chi connectivity index (χ1v) is 8.59. The number of nitrogens with two attached hydrogens (primary N) is 2. The number of rotatable bonds is 3. The first kappa shape index (κ1) is 22.6. The van der Waals surface area contributed by atoms with Gasteiger partial charge in [-0.05, 0) is 25.1 Å². The summed E-state index contributed by atoms with van der Waals surface area (Å²) in [6.45, 7) is 1.71. The maximum absolute atomic E-state index is 11.2. The number of hydrogen-bond acceptors (Lipinski definition) is 6. The fraction of sp³-hybridized carbons (Fsp3) is 0.188. The van der Waals surface area contributed by atoms with Crippen molar-refractivity contribution < 1.29 is 5.11 Å². The number of anilines is 1. The lowest BCUT2D eigenvalue weighted by atomic mass is 10.2. The van der Waals surface area contributed by atoms with Crippen LogP contribution in [0.3, 0.4) is 0 Å². The third kappa shape index (κ3) is 8.31. The van der Waals surface area contributed by atoms with Crippen LogP contribution < -0.4 is 22.5 Å². The van der Waals surface area contributed by atoms with Crippen molar-refractivity contribution in [1.82, 2.24) is 14.9 Å². The number of aryl methyl sites for hydroxylation is 1. The second-order valence-electron chi connectivity index (χ2n) is 5.56. The quantitative estimate of drug-likeness (QED) is 0.226. The van der Waals surface area contributed by atoms with Gasteiger partial charge in [0.2, 0.25) is 11.9 Å². The van der Waals surface area contributed by atoms with Crippen molar-refractivity contribution in [3.05, 3.63) is 50.3 Å². The molecule has 0 atom stereocenters. The lowest BCUT2D eigenvalue weighted by molar-refractivity contribution is 0.474. The minimum absolute atomic E-state index is 0.0509. The Balaban J connectivity index is 0.000000370. The number of hydrogen-bond donors (Lipinski definition) is 6. The summed E-state index contributed by atoms with van der Waals surface area (Å²) < 4.78 is 0.828. The minimum Gasteiger partial charge on any atom is -0.507 e. The van der Waals surface area contributed by atoms with E-state index in [1.807, 2.05) is 0 Å². The average molecular weight is 452 g/mol. The zero-order valence-corrected chi connectivity index (χ0v) is 17.1. The van der Waals surface area contributed by atoms with Crippen LogP contribution in [0.2, 0.25) is 0 Å². The van der Waals surface area contributed by atoms with Crippen molar-refractivity contribution in [3.63, 3.8) is 0 Å². The molecule has 0 saturated carbocycles.